The van der Waals surface area contributed by atoms with Gasteiger partial charge in [-0.05, 0) is 81.6 Å². The highest BCUT2D eigenvalue weighted by molar-refractivity contribution is 6.15. The molecule has 0 N–H and O–H groups in total. The number of benzene rings is 6. The first-order valence-corrected chi connectivity index (χ1v) is 18.3. The summed E-state index contributed by atoms with van der Waals surface area (Å²) in [5, 5.41) is 4.64. The van der Waals surface area contributed by atoms with Gasteiger partial charge in [0.25, 0.3) is 0 Å². The van der Waals surface area contributed by atoms with E-state index in [1.165, 1.54) is 21.9 Å². The molecule has 2 aliphatic carbocycles. The zero-order chi connectivity index (χ0) is 35.1. The van der Waals surface area contributed by atoms with Crippen LogP contribution in [0.2, 0.25) is 0 Å². The van der Waals surface area contributed by atoms with Crippen LogP contribution in [-0.2, 0) is 0 Å². The van der Waals surface area contributed by atoms with Gasteiger partial charge in [0.2, 0.25) is 0 Å². The van der Waals surface area contributed by atoms with Crippen LogP contribution in [-0.4, -0.2) is 15.0 Å². The molecule has 1 atom stereocenters. The van der Waals surface area contributed by atoms with Crippen LogP contribution in [0.3, 0.4) is 0 Å². The molecule has 0 saturated carbocycles. The molecule has 2 aliphatic rings. The van der Waals surface area contributed by atoms with Gasteiger partial charge in [0, 0.05) is 27.8 Å². The van der Waals surface area contributed by atoms with E-state index in [-0.39, 0.29) is 5.92 Å². The first-order chi connectivity index (χ1) is 26.2. The lowest BCUT2D eigenvalue weighted by Gasteiger charge is -2.18. The number of fused-ring (bicyclic) bond motifs is 4. The first kappa shape index (κ1) is 31.1. The van der Waals surface area contributed by atoms with Gasteiger partial charge in [-0.25, -0.2) is 15.0 Å². The Labute approximate surface area is 308 Å². The highest BCUT2D eigenvalue weighted by Crippen LogP contribution is 2.41. The molecule has 53 heavy (non-hydrogen) atoms. The van der Waals surface area contributed by atoms with Gasteiger partial charge in [-0.3, -0.25) is 0 Å². The summed E-state index contributed by atoms with van der Waals surface area (Å²) in [6.07, 6.45) is 15.7. The van der Waals surface area contributed by atoms with E-state index in [4.69, 9.17) is 19.4 Å². The van der Waals surface area contributed by atoms with Crippen LogP contribution in [0.1, 0.15) is 42.4 Å². The fourth-order valence-electron chi connectivity index (χ4n) is 7.82. The summed E-state index contributed by atoms with van der Waals surface area (Å²) >= 11 is 0. The molecule has 2 aromatic heterocycles. The Bertz CT molecular complexity index is 2820. The Hall–Kier alpha value is -6.65. The van der Waals surface area contributed by atoms with E-state index in [1.54, 1.807) is 0 Å². The predicted molar refractivity (Wildman–Crippen MR) is 218 cm³/mol. The van der Waals surface area contributed by atoms with Gasteiger partial charge in [-0.15, -0.1) is 0 Å². The van der Waals surface area contributed by atoms with Crippen LogP contribution in [0.25, 0.3) is 77.5 Å². The Kier molecular flexibility index (Phi) is 7.72. The fourth-order valence-corrected chi connectivity index (χ4v) is 7.82. The number of nitrogens with zero attached hydrogens (tertiary/aromatic N) is 3. The minimum atomic E-state index is 0.103. The molecule has 8 aromatic rings. The third-order valence-corrected chi connectivity index (χ3v) is 10.6. The van der Waals surface area contributed by atoms with Crippen molar-refractivity contribution in [2.75, 3.05) is 0 Å². The van der Waals surface area contributed by atoms with Crippen LogP contribution in [0.15, 0.2) is 174 Å². The molecule has 0 saturated heterocycles. The van der Waals surface area contributed by atoms with Gasteiger partial charge in [0.1, 0.15) is 17.0 Å². The number of hydrogen-bond acceptors (Lipinski definition) is 4. The zero-order valence-corrected chi connectivity index (χ0v) is 29.1. The van der Waals surface area contributed by atoms with Crippen molar-refractivity contribution in [2.24, 2.45) is 0 Å². The SMILES string of the molecule is C1=CCC(c2nc(C3=CC=C(c4ccccc4)CC3)nc(-c3cccc(-c4cccc5oc6c(-c7ccc8ccccc8c7)cccc6c45)c3)n2)C=C1. The van der Waals surface area contributed by atoms with Crippen LogP contribution >= 0.6 is 0 Å². The van der Waals surface area contributed by atoms with Gasteiger partial charge in [-0.1, -0.05) is 152 Å². The van der Waals surface area contributed by atoms with Gasteiger partial charge < -0.3 is 4.42 Å². The Morgan fingerprint density at radius 3 is 2.13 bits per heavy atom. The molecule has 0 amide bonds. The highest BCUT2D eigenvalue weighted by Gasteiger charge is 2.21. The molecule has 252 valence electrons. The van der Waals surface area contributed by atoms with E-state index in [0.717, 1.165) is 86.2 Å². The fraction of sp³-hybridized carbons (Fsp3) is 0.0816. The van der Waals surface area contributed by atoms with Crippen molar-refractivity contribution in [3.8, 4) is 33.6 Å². The number of allylic oxidation sites excluding steroid dienone is 8. The quantitative estimate of drug-likeness (QED) is 0.175. The molecule has 0 spiro atoms. The van der Waals surface area contributed by atoms with Gasteiger partial charge in [-0.2, -0.15) is 0 Å². The van der Waals surface area contributed by atoms with Crippen LogP contribution < -0.4 is 0 Å². The molecule has 6 aromatic carbocycles. The molecule has 10 rings (SSSR count). The molecule has 2 heterocycles. The summed E-state index contributed by atoms with van der Waals surface area (Å²) in [4.78, 5) is 15.3. The average molecular weight is 682 g/mol. The molecule has 0 aliphatic heterocycles. The summed E-state index contributed by atoms with van der Waals surface area (Å²) in [5.41, 5.74) is 10.9. The minimum Gasteiger partial charge on any atom is -0.455 e. The standard InChI is InChI=1S/C49H35N3O/c1-3-12-32(13-4-1)34-24-27-36(28-25-34)48-50-47(35-15-5-2-6-16-35)51-49(52-48)40-19-9-18-38(31-40)41-20-11-23-44-45(41)43-22-10-21-42(46(43)53-44)39-29-26-33-14-7-8-17-37(33)30-39/h1-15,17-24,26-27,29-31,35H,16,25,28H2. The normalized spacial score (nSPS) is 15.6. The van der Waals surface area contributed by atoms with E-state index >= 15 is 0 Å². The lowest BCUT2D eigenvalue weighted by molar-refractivity contribution is 0.670. The smallest absolute Gasteiger partial charge is 0.163 e. The Balaban J connectivity index is 1.07. The largest absolute Gasteiger partial charge is 0.455 e. The van der Waals surface area contributed by atoms with Crippen molar-refractivity contribution in [1.82, 2.24) is 15.0 Å². The molecular weight excluding hydrogens is 647 g/mol. The van der Waals surface area contributed by atoms with E-state index in [1.807, 2.05) is 0 Å². The molecule has 0 bridgehead atoms. The number of furan rings is 1. The number of aromatic nitrogens is 3. The zero-order valence-electron chi connectivity index (χ0n) is 29.1. The first-order valence-electron chi connectivity index (χ1n) is 18.3. The molecule has 0 radical (unpaired) electrons. The molecular formula is C49H35N3O. The van der Waals surface area contributed by atoms with E-state index < -0.39 is 0 Å². The van der Waals surface area contributed by atoms with E-state index in [0.29, 0.717) is 5.82 Å². The second-order valence-electron chi connectivity index (χ2n) is 13.9. The van der Waals surface area contributed by atoms with Crippen LogP contribution in [0.4, 0.5) is 0 Å². The number of rotatable bonds is 6. The second kappa shape index (κ2) is 13.2. The molecule has 0 fully saturated rings. The van der Waals surface area contributed by atoms with Crippen LogP contribution in [0, 0.1) is 0 Å². The third kappa shape index (κ3) is 5.79. The minimum absolute atomic E-state index is 0.103. The van der Waals surface area contributed by atoms with Gasteiger partial charge in [0.15, 0.2) is 11.6 Å². The third-order valence-electron chi connectivity index (χ3n) is 10.6. The predicted octanol–water partition coefficient (Wildman–Crippen LogP) is 12.8. The Morgan fingerprint density at radius 1 is 0.528 bits per heavy atom. The van der Waals surface area contributed by atoms with Gasteiger partial charge >= 0.3 is 0 Å². The topological polar surface area (TPSA) is 51.8 Å². The molecule has 4 nitrogen and oxygen atoms in total. The van der Waals surface area contributed by atoms with Crippen molar-refractivity contribution in [1.29, 1.82) is 0 Å². The monoisotopic (exact) mass is 681 g/mol. The molecule has 4 heteroatoms. The van der Waals surface area contributed by atoms with Gasteiger partial charge in [0.05, 0.1) is 0 Å². The lowest BCUT2D eigenvalue weighted by Crippen LogP contribution is -2.10. The summed E-state index contributed by atoms with van der Waals surface area (Å²) in [6, 6.07) is 47.1. The van der Waals surface area contributed by atoms with Crippen molar-refractivity contribution in [3.63, 3.8) is 0 Å². The maximum absolute atomic E-state index is 6.67. The van der Waals surface area contributed by atoms with E-state index in [9.17, 15) is 0 Å². The number of para-hydroxylation sites is 1. The summed E-state index contributed by atoms with van der Waals surface area (Å²) < 4.78 is 6.67. The maximum atomic E-state index is 6.67. The average Bonchev–Trinajstić information content (AvgIpc) is 3.63. The van der Waals surface area contributed by atoms with Crippen LogP contribution in [0.5, 0.6) is 0 Å². The summed E-state index contributed by atoms with van der Waals surface area (Å²) in [5.74, 6) is 2.35. The summed E-state index contributed by atoms with van der Waals surface area (Å²) in [7, 11) is 0. The molecule has 1 unspecified atom stereocenters. The maximum Gasteiger partial charge on any atom is 0.163 e. The second-order valence-corrected chi connectivity index (χ2v) is 13.9. The van der Waals surface area contributed by atoms with Crippen molar-refractivity contribution >= 4 is 43.9 Å². The lowest BCUT2D eigenvalue weighted by atomic mass is 9.93. The van der Waals surface area contributed by atoms with E-state index in [2.05, 4.69) is 170 Å². The number of hydrogen-bond donors (Lipinski definition) is 0. The van der Waals surface area contributed by atoms with Crippen molar-refractivity contribution in [2.45, 2.75) is 25.2 Å². The Morgan fingerprint density at radius 2 is 1.26 bits per heavy atom. The highest BCUT2D eigenvalue weighted by atomic mass is 16.3. The summed E-state index contributed by atoms with van der Waals surface area (Å²) in [6.45, 7) is 0. The van der Waals surface area contributed by atoms with Crippen molar-refractivity contribution in [3.05, 3.63) is 187 Å². The van der Waals surface area contributed by atoms with Crippen molar-refractivity contribution < 1.29 is 4.42 Å².